The fraction of sp³-hybridized carbons (Fsp3) is 0.500. The number of amides is 1. The van der Waals surface area contributed by atoms with E-state index < -0.39 is 0 Å². The zero-order valence-corrected chi connectivity index (χ0v) is 11.7. The van der Waals surface area contributed by atoms with Gasteiger partial charge >= 0.3 is 5.69 Å². The molecule has 3 heterocycles. The maximum Gasteiger partial charge on any atom is 0.350 e. The first-order chi connectivity index (χ1) is 10.3. The van der Waals surface area contributed by atoms with E-state index in [1.165, 1.54) is 9.08 Å². The van der Waals surface area contributed by atoms with Gasteiger partial charge in [0.15, 0.2) is 5.65 Å². The lowest BCUT2D eigenvalue weighted by Gasteiger charge is -2.09. The summed E-state index contributed by atoms with van der Waals surface area (Å²) in [6.07, 6.45) is 3.78. The number of nitrogens with one attached hydrogen (secondary N) is 1. The number of hydrogen-bond donors (Lipinski definition) is 1. The van der Waals surface area contributed by atoms with Crippen molar-refractivity contribution in [2.75, 3.05) is 13.2 Å². The number of carbonyl (C=O) groups is 1. The molecule has 1 amide bonds. The summed E-state index contributed by atoms with van der Waals surface area (Å²) >= 11 is 0. The van der Waals surface area contributed by atoms with E-state index in [0.29, 0.717) is 31.8 Å². The van der Waals surface area contributed by atoms with Crippen molar-refractivity contribution in [1.29, 1.82) is 0 Å². The molecule has 1 saturated heterocycles. The summed E-state index contributed by atoms with van der Waals surface area (Å²) in [5.74, 6) is -0.0603. The van der Waals surface area contributed by atoms with Crippen molar-refractivity contribution < 1.29 is 9.53 Å². The van der Waals surface area contributed by atoms with E-state index in [2.05, 4.69) is 10.4 Å². The van der Waals surface area contributed by atoms with Gasteiger partial charge in [0, 0.05) is 25.9 Å². The maximum atomic E-state index is 12.0. The minimum absolute atomic E-state index is 0.0603. The molecule has 0 unspecified atom stereocenters. The van der Waals surface area contributed by atoms with E-state index in [-0.39, 0.29) is 17.7 Å². The van der Waals surface area contributed by atoms with E-state index in [1.807, 2.05) is 6.07 Å². The van der Waals surface area contributed by atoms with Crippen LogP contribution in [0, 0.1) is 0 Å². The Morgan fingerprint density at radius 3 is 3.14 bits per heavy atom. The van der Waals surface area contributed by atoms with Crippen LogP contribution in [-0.2, 0) is 16.1 Å². The highest BCUT2D eigenvalue weighted by Crippen LogP contribution is 2.11. The molecule has 112 valence electrons. The van der Waals surface area contributed by atoms with Gasteiger partial charge in [0.1, 0.15) is 6.10 Å². The number of aryl methyl sites for hydroxylation is 1. The molecule has 1 fully saturated rings. The van der Waals surface area contributed by atoms with E-state index >= 15 is 0 Å². The van der Waals surface area contributed by atoms with Crippen molar-refractivity contribution >= 4 is 11.6 Å². The highest BCUT2D eigenvalue weighted by Gasteiger charge is 2.22. The Labute approximate surface area is 121 Å². The Kier molecular flexibility index (Phi) is 4.01. The Balaban J connectivity index is 1.51. The van der Waals surface area contributed by atoms with Crippen LogP contribution in [0.3, 0.4) is 0 Å². The van der Waals surface area contributed by atoms with Gasteiger partial charge in [-0.05, 0) is 31.4 Å². The molecule has 0 radical (unpaired) electrons. The van der Waals surface area contributed by atoms with Crippen molar-refractivity contribution in [2.24, 2.45) is 0 Å². The fourth-order valence-corrected chi connectivity index (χ4v) is 2.45. The van der Waals surface area contributed by atoms with E-state index in [1.54, 1.807) is 18.3 Å². The largest absolute Gasteiger partial charge is 0.368 e. The van der Waals surface area contributed by atoms with Gasteiger partial charge in [-0.15, -0.1) is 5.10 Å². The normalized spacial score (nSPS) is 18.2. The number of rotatable bonds is 5. The average Bonchev–Trinajstić information content (AvgIpc) is 3.13. The third-order valence-electron chi connectivity index (χ3n) is 3.56. The third-order valence-corrected chi connectivity index (χ3v) is 3.56. The smallest absolute Gasteiger partial charge is 0.350 e. The monoisotopic (exact) mass is 290 g/mol. The maximum absolute atomic E-state index is 12.0. The molecule has 1 N–H and O–H groups in total. The van der Waals surface area contributed by atoms with Crippen LogP contribution in [-0.4, -0.2) is 39.3 Å². The molecule has 3 rings (SSSR count). The predicted octanol–water partition coefficient (Wildman–Crippen LogP) is 0.181. The van der Waals surface area contributed by atoms with Crippen molar-refractivity contribution in [2.45, 2.75) is 31.9 Å². The van der Waals surface area contributed by atoms with Crippen LogP contribution < -0.4 is 11.0 Å². The van der Waals surface area contributed by atoms with Gasteiger partial charge in [-0.25, -0.2) is 9.48 Å². The van der Waals surface area contributed by atoms with Crippen LogP contribution in [0.1, 0.15) is 19.3 Å². The molecule has 7 nitrogen and oxygen atoms in total. The molecular formula is C14H18N4O3. The van der Waals surface area contributed by atoms with Gasteiger partial charge in [0.25, 0.3) is 0 Å². The third kappa shape index (κ3) is 2.97. The molecule has 0 aromatic carbocycles. The first-order valence-corrected chi connectivity index (χ1v) is 7.19. The van der Waals surface area contributed by atoms with E-state index in [4.69, 9.17) is 4.74 Å². The summed E-state index contributed by atoms with van der Waals surface area (Å²) in [6, 6.07) is 5.42. The Morgan fingerprint density at radius 1 is 1.48 bits per heavy atom. The molecule has 21 heavy (non-hydrogen) atoms. The van der Waals surface area contributed by atoms with Gasteiger partial charge in [-0.2, -0.15) is 0 Å². The Morgan fingerprint density at radius 2 is 2.38 bits per heavy atom. The molecule has 0 bridgehead atoms. The molecule has 2 aromatic heterocycles. The minimum atomic E-state index is -0.303. The first-order valence-electron chi connectivity index (χ1n) is 7.19. The van der Waals surface area contributed by atoms with Crippen LogP contribution in [0.25, 0.3) is 5.65 Å². The van der Waals surface area contributed by atoms with Gasteiger partial charge < -0.3 is 10.1 Å². The van der Waals surface area contributed by atoms with Gasteiger partial charge in [0.2, 0.25) is 5.91 Å². The molecule has 0 spiro atoms. The molecule has 0 aliphatic carbocycles. The van der Waals surface area contributed by atoms with Crippen LogP contribution in [0.2, 0.25) is 0 Å². The SMILES string of the molecule is O=C(NCCCn1nc2ccccn2c1=O)[C@@H]1CCCO1. The van der Waals surface area contributed by atoms with Crippen molar-refractivity contribution in [3.05, 3.63) is 34.9 Å². The highest BCUT2D eigenvalue weighted by molar-refractivity contribution is 5.80. The quantitative estimate of drug-likeness (QED) is 0.797. The first kappa shape index (κ1) is 13.8. The standard InChI is InChI=1S/C14H18N4O3/c19-13(11-5-3-10-21-11)15-7-4-9-18-14(20)17-8-2-1-6-12(17)16-18/h1-2,6,8,11H,3-5,7,9-10H2,(H,15,19)/t11-/m0/s1. The number of fused-ring (bicyclic) bond motifs is 1. The van der Waals surface area contributed by atoms with Gasteiger partial charge in [-0.3, -0.25) is 9.20 Å². The molecule has 2 aromatic rings. The summed E-state index contributed by atoms with van der Waals surface area (Å²) in [5.41, 5.74) is 0.474. The summed E-state index contributed by atoms with van der Waals surface area (Å²) < 4.78 is 8.24. The van der Waals surface area contributed by atoms with Crippen molar-refractivity contribution in [1.82, 2.24) is 19.5 Å². The zero-order chi connectivity index (χ0) is 14.7. The molecule has 7 heteroatoms. The minimum Gasteiger partial charge on any atom is -0.368 e. The number of hydrogen-bond acceptors (Lipinski definition) is 4. The molecule has 0 saturated carbocycles. The zero-order valence-electron chi connectivity index (χ0n) is 11.7. The Bertz CT molecular complexity index is 685. The number of pyridine rings is 1. The highest BCUT2D eigenvalue weighted by atomic mass is 16.5. The summed E-state index contributed by atoms with van der Waals surface area (Å²) in [6.45, 7) is 1.65. The van der Waals surface area contributed by atoms with Crippen LogP contribution in [0.5, 0.6) is 0 Å². The lowest BCUT2D eigenvalue weighted by Crippen LogP contribution is -2.35. The second kappa shape index (κ2) is 6.09. The van der Waals surface area contributed by atoms with Gasteiger partial charge in [-0.1, -0.05) is 6.07 Å². The Hall–Kier alpha value is -2.15. The summed E-state index contributed by atoms with van der Waals surface area (Å²) in [7, 11) is 0. The molecule has 1 aliphatic rings. The second-order valence-corrected chi connectivity index (χ2v) is 5.08. The van der Waals surface area contributed by atoms with Crippen molar-refractivity contribution in [3.63, 3.8) is 0 Å². The predicted molar refractivity (Wildman–Crippen MR) is 76.1 cm³/mol. The van der Waals surface area contributed by atoms with Gasteiger partial charge in [0.05, 0.1) is 0 Å². The van der Waals surface area contributed by atoms with E-state index in [9.17, 15) is 9.59 Å². The van der Waals surface area contributed by atoms with Crippen molar-refractivity contribution in [3.8, 4) is 0 Å². The lowest BCUT2D eigenvalue weighted by molar-refractivity contribution is -0.130. The molecular weight excluding hydrogens is 272 g/mol. The summed E-state index contributed by atoms with van der Waals surface area (Å²) in [5, 5.41) is 7.07. The summed E-state index contributed by atoms with van der Waals surface area (Å²) in [4.78, 5) is 23.8. The fourth-order valence-electron chi connectivity index (χ4n) is 2.45. The molecule has 1 aliphatic heterocycles. The van der Waals surface area contributed by atoms with Crippen LogP contribution in [0.4, 0.5) is 0 Å². The lowest BCUT2D eigenvalue weighted by atomic mass is 10.2. The topological polar surface area (TPSA) is 77.6 Å². The van der Waals surface area contributed by atoms with Crippen LogP contribution in [0.15, 0.2) is 29.2 Å². The average molecular weight is 290 g/mol. The number of nitrogens with zero attached hydrogens (tertiary/aromatic N) is 3. The number of aromatic nitrogens is 3. The molecule has 1 atom stereocenters. The number of carbonyl (C=O) groups excluding carboxylic acids is 1. The van der Waals surface area contributed by atoms with E-state index in [0.717, 1.165) is 12.8 Å². The second-order valence-electron chi connectivity index (χ2n) is 5.08. The van der Waals surface area contributed by atoms with Crippen LogP contribution >= 0.6 is 0 Å². The number of ether oxygens (including phenoxy) is 1.